The quantitative estimate of drug-likeness (QED) is 0.634. The smallest absolute Gasteiger partial charge is 0.225 e. The monoisotopic (exact) mass is 319 g/mol. The van der Waals surface area contributed by atoms with E-state index >= 15 is 0 Å². The van der Waals surface area contributed by atoms with E-state index in [0.29, 0.717) is 19.5 Å². The Morgan fingerprint density at radius 2 is 1.90 bits per heavy atom. The van der Waals surface area contributed by atoms with Crippen LogP contribution < -0.4 is 10.6 Å². The maximum absolute atomic E-state index is 12.1. The van der Waals surface area contributed by atoms with Gasteiger partial charge in [0.15, 0.2) is 0 Å². The number of amides is 2. The second kappa shape index (κ2) is 10.9. The number of nitrogens with zero attached hydrogens (tertiary/aromatic N) is 1. The fourth-order valence-corrected chi connectivity index (χ4v) is 2.71. The van der Waals surface area contributed by atoms with Gasteiger partial charge in [-0.05, 0) is 25.8 Å². The number of hydrogen-bond acceptors (Lipinski definition) is 3. The first-order valence-electron chi connectivity index (χ1n) is 7.91. The molecule has 0 saturated carbocycles. The molecule has 5 nitrogen and oxygen atoms in total. The summed E-state index contributed by atoms with van der Waals surface area (Å²) in [5.74, 6) is -0.0256. The molecule has 1 aliphatic rings. The zero-order chi connectivity index (χ0) is 15.0. The van der Waals surface area contributed by atoms with Crippen molar-refractivity contribution in [1.29, 1.82) is 0 Å². The second-order valence-electron chi connectivity index (χ2n) is 5.46. The normalized spacial score (nSPS) is 18.0. The predicted octanol–water partition coefficient (Wildman–Crippen LogP) is 1.56. The zero-order valence-corrected chi connectivity index (χ0v) is 14.3. The topological polar surface area (TPSA) is 61.4 Å². The van der Waals surface area contributed by atoms with Gasteiger partial charge in [-0.15, -0.1) is 12.4 Å². The average Bonchev–Trinajstić information content (AvgIpc) is 2.82. The van der Waals surface area contributed by atoms with Crippen molar-refractivity contribution in [2.75, 3.05) is 26.2 Å². The SMILES string of the molecule is CCCNCCNC(=O)C1CC(=O)N(C(CC)CC)C1.Cl. The van der Waals surface area contributed by atoms with Gasteiger partial charge >= 0.3 is 0 Å². The molecule has 1 aliphatic heterocycles. The van der Waals surface area contributed by atoms with Gasteiger partial charge in [0, 0.05) is 32.1 Å². The van der Waals surface area contributed by atoms with Gasteiger partial charge in [0.1, 0.15) is 0 Å². The van der Waals surface area contributed by atoms with Crippen molar-refractivity contribution in [2.45, 2.75) is 52.5 Å². The third-order valence-electron chi connectivity index (χ3n) is 3.94. The van der Waals surface area contributed by atoms with E-state index in [1.807, 2.05) is 4.90 Å². The second-order valence-corrected chi connectivity index (χ2v) is 5.46. The molecule has 0 bridgehead atoms. The number of carbonyl (C=O) groups is 2. The third kappa shape index (κ3) is 6.22. The molecule has 2 N–H and O–H groups in total. The van der Waals surface area contributed by atoms with E-state index in [-0.39, 0.29) is 36.2 Å². The van der Waals surface area contributed by atoms with Crippen molar-refractivity contribution >= 4 is 24.2 Å². The largest absolute Gasteiger partial charge is 0.355 e. The van der Waals surface area contributed by atoms with Crippen LogP contribution in [0.25, 0.3) is 0 Å². The van der Waals surface area contributed by atoms with Crippen molar-refractivity contribution in [3.05, 3.63) is 0 Å². The Hall–Kier alpha value is -0.810. The van der Waals surface area contributed by atoms with Crippen LogP contribution in [0.3, 0.4) is 0 Å². The van der Waals surface area contributed by atoms with Crippen LogP contribution >= 0.6 is 12.4 Å². The van der Waals surface area contributed by atoms with Crippen LogP contribution in [0.2, 0.25) is 0 Å². The van der Waals surface area contributed by atoms with Gasteiger partial charge in [-0.3, -0.25) is 9.59 Å². The van der Waals surface area contributed by atoms with Crippen molar-refractivity contribution in [3.8, 4) is 0 Å². The summed E-state index contributed by atoms with van der Waals surface area (Å²) < 4.78 is 0. The number of carbonyl (C=O) groups excluding carboxylic acids is 2. The summed E-state index contributed by atoms with van der Waals surface area (Å²) in [7, 11) is 0. The molecular formula is C15H30ClN3O2. The lowest BCUT2D eigenvalue weighted by atomic mass is 10.1. The van der Waals surface area contributed by atoms with E-state index in [0.717, 1.165) is 32.4 Å². The van der Waals surface area contributed by atoms with E-state index in [1.54, 1.807) is 0 Å². The number of likely N-dealkylation sites (tertiary alicyclic amines) is 1. The van der Waals surface area contributed by atoms with E-state index < -0.39 is 0 Å². The Kier molecular flexibility index (Phi) is 10.4. The fraction of sp³-hybridized carbons (Fsp3) is 0.867. The summed E-state index contributed by atoms with van der Waals surface area (Å²) in [6, 6.07) is 0.284. The first-order chi connectivity index (χ1) is 9.63. The molecule has 1 rings (SSSR count). The molecule has 2 amide bonds. The molecule has 6 heteroatoms. The van der Waals surface area contributed by atoms with Crippen molar-refractivity contribution in [2.24, 2.45) is 5.92 Å². The maximum atomic E-state index is 12.1. The number of nitrogens with one attached hydrogen (secondary N) is 2. The van der Waals surface area contributed by atoms with E-state index in [1.165, 1.54) is 0 Å². The van der Waals surface area contributed by atoms with E-state index in [2.05, 4.69) is 31.4 Å². The highest BCUT2D eigenvalue weighted by Gasteiger charge is 2.36. The maximum Gasteiger partial charge on any atom is 0.225 e. The van der Waals surface area contributed by atoms with Gasteiger partial charge in [0.25, 0.3) is 0 Å². The first-order valence-corrected chi connectivity index (χ1v) is 7.91. The number of rotatable bonds is 9. The predicted molar refractivity (Wildman–Crippen MR) is 87.6 cm³/mol. The Morgan fingerprint density at radius 3 is 2.48 bits per heavy atom. The highest BCUT2D eigenvalue weighted by molar-refractivity contribution is 5.89. The van der Waals surface area contributed by atoms with E-state index in [9.17, 15) is 9.59 Å². The summed E-state index contributed by atoms with van der Waals surface area (Å²) in [5, 5.41) is 6.16. The van der Waals surface area contributed by atoms with Crippen LogP contribution in [-0.4, -0.2) is 48.9 Å². The van der Waals surface area contributed by atoms with Gasteiger partial charge in [0.2, 0.25) is 11.8 Å². The van der Waals surface area contributed by atoms with Gasteiger partial charge in [-0.25, -0.2) is 0 Å². The Bertz CT molecular complexity index is 322. The van der Waals surface area contributed by atoms with Crippen LogP contribution in [0.5, 0.6) is 0 Å². The number of halogens is 1. The minimum atomic E-state index is -0.172. The van der Waals surface area contributed by atoms with Crippen molar-refractivity contribution in [3.63, 3.8) is 0 Å². The van der Waals surface area contributed by atoms with Crippen molar-refractivity contribution in [1.82, 2.24) is 15.5 Å². The lowest BCUT2D eigenvalue weighted by Crippen LogP contribution is -2.39. The summed E-state index contributed by atoms with van der Waals surface area (Å²) in [5.41, 5.74) is 0. The van der Waals surface area contributed by atoms with Gasteiger partial charge in [-0.2, -0.15) is 0 Å². The van der Waals surface area contributed by atoms with Crippen molar-refractivity contribution < 1.29 is 9.59 Å². The molecule has 0 aromatic carbocycles. The molecule has 1 saturated heterocycles. The lowest BCUT2D eigenvalue weighted by Gasteiger charge is -2.26. The molecule has 1 fully saturated rings. The molecule has 1 atom stereocenters. The zero-order valence-electron chi connectivity index (χ0n) is 13.5. The molecule has 0 spiro atoms. The molecule has 0 aromatic rings. The van der Waals surface area contributed by atoms with Gasteiger partial charge in [-0.1, -0.05) is 20.8 Å². The summed E-state index contributed by atoms with van der Waals surface area (Å²) in [6.45, 7) is 9.27. The standard InChI is InChI=1S/C15H29N3O2.ClH/c1-4-7-16-8-9-17-15(20)12-10-14(19)18(11-12)13(5-2)6-3;/h12-13,16H,4-11H2,1-3H3,(H,17,20);1H. The Morgan fingerprint density at radius 1 is 1.24 bits per heavy atom. The molecule has 0 radical (unpaired) electrons. The van der Waals surface area contributed by atoms with Crippen LogP contribution in [0.4, 0.5) is 0 Å². The van der Waals surface area contributed by atoms with E-state index in [4.69, 9.17) is 0 Å². The molecule has 124 valence electrons. The molecular weight excluding hydrogens is 290 g/mol. The number of hydrogen-bond donors (Lipinski definition) is 2. The fourth-order valence-electron chi connectivity index (χ4n) is 2.71. The highest BCUT2D eigenvalue weighted by Crippen LogP contribution is 2.22. The van der Waals surface area contributed by atoms with Crippen LogP contribution in [0.1, 0.15) is 46.5 Å². The molecule has 1 heterocycles. The molecule has 0 aromatic heterocycles. The van der Waals surface area contributed by atoms with Gasteiger partial charge in [0.05, 0.1) is 5.92 Å². The minimum absolute atomic E-state index is 0. The van der Waals surface area contributed by atoms with Crippen LogP contribution in [-0.2, 0) is 9.59 Å². The first kappa shape index (κ1) is 20.2. The lowest BCUT2D eigenvalue weighted by molar-refractivity contribution is -0.130. The molecule has 21 heavy (non-hydrogen) atoms. The molecule has 1 unspecified atom stereocenters. The summed E-state index contributed by atoms with van der Waals surface area (Å²) in [6.07, 6.45) is 3.37. The Balaban J connectivity index is 0.00000400. The third-order valence-corrected chi connectivity index (χ3v) is 3.94. The Labute approximate surface area is 134 Å². The van der Waals surface area contributed by atoms with Gasteiger partial charge < -0.3 is 15.5 Å². The highest BCUT2D eigenvalue weighted by atomic mass is 35.5. The minimum Gasteiger partial charge on any atom is -0.355 e. The molecule has 0 aliphatic carbocycles. The summed E-state index contributed by atoms with van der Waals surface area (Å²) >= 11 is 0. The summed E-state index contributed by atoms with van der Waals surface area (Å²) in [4.78, 5) is 25.9. The van der Waals surface area contributed by atoms with Crippen LogP contribution in [0.15, 0.2) is 0 Å². The van der Waals surface area contributed by atoms with Crippen LogP contribution in [0, 0.1) is 5.92 Å². The average molecular weight is 320 g/mol.